The second kappa shape index (κ2) is 5.74. The molecule has 0 aliphatic rings. The van der Waals surface area contributed by atoms with Crippen molar-refractivity contribution in [1.29, 1.82) is 0 Å². The van der Waals surface area contributed by atoms with Crippen LogP contribution in [0.5, 0.6) is 0 Å². The van der Waals surface area contributed by atoms with Gasteiger partial charge in [0, 0.05) is 31.4 Å². The van der Waals surface area contributed by atoms with Crippen LogP contribution < -0.4 is 5.73 Å². The first kappa shape index (κ1) is 11.2. The van der Waals surface area contributed by atoms with Crippen LogP contribution >= 0.6 is 0 Å². The van der Waals surface area contributed by atoms with Crippen LogP contribution in [-0.2, 0) is 13.1 Å². The number of aliphatic hydroxyl groups excluding tert-OH is 1. The lowest BCUT2D eigenvalue weighted by Crippen LogP contribution is -2.24. The molecule has 0 unspecified atom stereocenters. The molecule has 1 aromatic heterocycles. The molecule has 80 valence electrons. The Balaban J connectivity index is 2.42. The summed E-state index contributed by atoms with van der Waals surface area (Å²) in [6, 6.07) is 0. The second-order valence-corrected chi connectivity index (χ2v) is 3.36. The molecule has 14 heavy (non-hydrogen) atoms. The number of aliphatic hydroxyl groups is 1. The van der Waals surface area contributed by atoms with Gasteiger partial charge in [0.2, 0.25) is 0 Å². The molecule has 0 saturated carbocycles. The lowest BCUT2D eigenvalue weighted by atomic mass is 10.3. The predicted molar refractivity (Wildman–Crippen MR) is 54.7 cm³/mol. The fraction of sp³-hybridized carbons (Fsp3) is 0.667. The summed E-state index contributed by atoms with van der Waals surface area (Å²) in [5, 5.41) is 12.8. The van der Waals surface area contributed by atoms with Crippen molar-refractivity contribution >= 4 is 0 Å². The van der Waals surface area contributed by atoms with Crippen LogP contribution in [0, 0.1) is 0 Å². The van der Waals surface area contributed by atoms with Crippen LogP contribution in [0.4, 0.5) is 0 Å². The lowest BCUT2D eigenvalue weighted by Gasteiger charge is -2.13. The van der Waals surface area contributed by atoms with Crippen molar-refractivity contribution < 1.29 is 5.11 Å². The maximum Gasteiger partial charge on any atom is 0.0640 e. The van der Waals surface area contributed by atoms with E-state index in [9.17, 15) is 0 Å². The highest BCUT2D eigenvalue weighted by atomic mass is 16.3. The SMILES string of the molecule is CN(CCN)Cc1cnn(CCO)c1. The van der Waals surface area contributed by atoms with E-state index in [4.69, 9.17) is 10.8 Å². The van der Waals surface area contributed by atoms with E-state index in [2.05, 4.69) is 10.00 Å². The van der Waals surface area contributed by atoms with Crippen molar-refractivity contribution in [2.75, 3.05) is 26.7 Å². The zero-order valence-electron chi connectivity index (χ0n) is 8.56. The molecule has 3 N–H and O–H groups in total. The van der Waals surface area contributed by atoms with Crippen LogP contribution in [0.2, 0.25) is 0 Å². The molecule has 0 spiro atoms. The van der Waals surface area contributed by atoms with E-state index in [1.54, 1.807) is 4.68 Å². The summed E-state index contributed by atoms with van der Waals surface area (Å²) in [6.07, 6.45) is 3.77. The van der Waals surface area contributed by atoms with Gasteiger partial charge in [0.1, 0.15) is 0 Å². The molecular weight excluding hydrogens is 180 g/mol. The first-order valence-electron chi connectivity index (χ1n) is 4.77. The Labute approximate surface area is 84.1 Å². The van der Waals surface area contributed by atoms with Gasteiger partial charge in [-0.15, -0.1) is 0 Å². The molecule has 0 aliphatic carbocycles. The molecule has 0 radical (unpaired) electrons. The van der Waals surface area contributed by atoms with Gasteiger partial charge in [-0.1, -0.05) is 0 Å². The lowest BCUT2D eigenvalue weighted by molar-refractivity contribution is 0.269. The Hall–Kier alpha value is -0.910. The summed E-state index contributed by atoms with van der Waals surface area (Å²) in [5.74, 6) is 0. The Bertz CT molecular complexity index is 261. The quantitative estimate of drug-likeness (QED) is 0.632. The van der Waals surface area contributed by atoms with E-state index in [-0.39, 0.29) is 6.61 Å². The number of nitrogens with zero attached hydrogens (tertiary/aromatic N) is 3. The maximum absolute atomic E-state index is 8.71. The molecule has 1 rings (SSSR count). The van der Waals surface area contributed by atoms with E-state index in [0.717, 1.165) is 18.7 Å². The summed E-state index contributed by atoms with van der Waals surface area (Å²) in [6.45, 7) is 3.08. The number of hydrogen-bond donors (Lipinski definition) is 2. The molecule has 1 aromatic rings. The largest absolute Gasteiger partial charge is 0.394 e. The zero-order valence-corrected chi connectivity index (χ0v) is 8.56. The number of nitrogens with two attached hydrogens (primary N) is 1. The highest BCUT2D eigenvalue weighted by molar-refractivity contribution is 5.03. The van der Waals surface area contributed by atoms with Crippen LogP contribution in [0.15, 0.2) is 12.4 Å². The molecule has 0 atom stereocenters. The van der Waals surface area contributed by atoms with Gasteiger partial charge in [-0.05, 0) is 7.05 Å². The summed E-state index contributed by atoms with van der Waals surface area (Å²) in [4.78, 5) is 2.14. The smallest absolute Gasteiger partial charge is 0.0640 e. The van der Waals surface area contributed by atoms with E-state index >= 15 is 0 Å². The normalized spacial score (nSPS) is 11.1. The third-order valence-electron chi connectivity index (χ3n) is 1.98. The van der Waals surface area contributed by atoms with Gasteiger partial charge in [-0.2, -0.15) is 5.10 Å². The van der Waals surface area contributed by atoms with Gasteiger partial charge in [0.15, 0.2) is 0 Å². The van der Waals surface area contributed by atoms with Crippen molar-refractivity contribution in [3.8, 4) is 0 Å². The van der Waals surface area contributed by atoms with Gasteiger partial charge in [0.05, 0.1) is 19.3 Å². The number of hydrogen-bond acceptors (Lipinski definition) is 4. The highest BCUT2D eigenvalue weighted by Gasteiger charge is 2.01. The van der Waals surface area contributed by atoms with Crippen molar-refractivity contribution in [3.05, 3.63) is 18.0 Å². The van der Waals surface area contributed by atoms with E-state index in [1.807, 2.05) is 19.4 Å². The zero-order chi connectivity index (χ0) is 10.4. The third-order valence-corrected chi connectivity index (χ3v) is 1.98. The molecule has 0 fully saturated rings. The number of likely N-dealkylation sites (N-methyl/N-ethyl adjacent to an activating group) is 1. The Morgan fingerprint density at radius 1 is 1.64 bits per heavy atom. The predicted octanol–water partition coefficient (Wildman–Crippen LogP) is -0.734. The maximum atomic E-state index is 8.71. The third kappa shape index (κ3) is 3.45. The molecule has 1 heterocycles. The van der Waals surface area contributed by atoms with Gasteiger partial charge < -0.3 is 15.7 Å². The molecule has 0 bridgehead atoms. The van der Waals surface area contributed by atoms with Gasteiger partial charge in [-0.3, -0.25) is 4.68 Å². The standard InChI is InChI=1S/C9H18N4O/c1-12(3-2-10)7-9-6-11-13(8-9)4-5-14/h6,8,14H,2-5,7,10H2,1H3. The van der Waals surface area contributed by atoms with Crippen LogP contribution in [0.25, 0.3) is 0 Å². The summed E-state index contributed by atoms with van der Waals surface area (Å²) in [7, 11) is 2.02. The summed E-state index contributed by atoms with van der Waals surface area (Å²) < 4.78 is 1.74. The minimum atomic E-state index is 0.125. The molecule has 0 aromatic carbocycles. The van der Waals surface area contributed by atoms with Gasteiger partial charge in [0.25, 0.3) is 0 Å². The van der Waals surface area contributed by atoms with Gasteiger partial charge in [-0.25, -0.2) is 0 Å². The topological polar surface area (TPSA) is 67.3 Å². The van der Waals surface area contributed by atoms with Gasteiger partial charge >= 0.3 is 0 Å². The average molecular weight is 198 g/mol. The molecule has 5 heteroatoms. The Kier molecular flexibility index (Phi) is 4.58. The van der Waals surface area contributed by atoms with E-state index in [1.165, 1.54) is 0 Å². The molecule has 0 amide bonds. The second-order valence-electron chi connectivity index (χ2n) is 3.36. The number of rotatable bonds is 6. The molecule has 0 saturated heterocycles. The van der Waals surface area contributed by atoms with E-state index < -0.39 is 0 Å². The van der Waals surface area contributed by atoms with Crippen LogP contribution in [-0.4, -0.2) is 46.5 Å². The highest BCUT2D eigenvalue weighted by Crippen LogP contribution is 2.01. The van der Waals surface area contributed by atoms with Crippen molar-refractivity contribution in [1.82, 2.24) is 14.7 Å². The van der Waals surface area contributed by atoms with Crippen molar-refractivity contribution in [3.63, 3.8) is 0 Å². The van der Waals surface area contributed by atoms with Crippen LogP contribution in [0.1, 0.15) is 5.56 Å². The average Bonchev–Trinajstić information content (AvgIpc) is 2.53. The summed E-state index contributed by atoms with van der Waals surface area (Å²) in [5.41, 5.74) is 6.59. The molecule has 5 nitrogen and oxygen atoms in total. The first-order chi connectivity index (χ1) is 6.76. The minimum Gasteiger partial charge on any atom is -0.394 e. The first-order valence-corrected chi connectivity index (χ1v) is 4.77. The van der Waals surface area contributed by atoms with E-state index in [0.29, 0.717) is 13.1 Å². The van der Waals surface area contributed by atoms with Crippen LogP contribution in [0.3, 0.4) is 0 Å². The Morgan fingerprint density at radius 3 is 3.07 bits per heavy atom. The number of aromatic nitrogens is 2. The fourth-order valence-electron chi connectivity index (χ4n) is 1.32. The fourth-order valence-corrected chi connectivity index (χ4v) is 1.32. The molecule has 0 aliphatic heterocycles. The van der Waals surface area contributed by atoms with Crippen molar-refractivity contribution in [2.24, 2.45) is 5.73 Å². The molecular formula is C9H18N4O. The van der Waals surface area contributed by atoms with Crippen molar-refractivity contribution in [2.45, 2.75) is 13.1 Å². The Morgan fingerprint density at radius 2 is 2.43 bits per heavy atom. The monoisotopic (exact) mass is 198 g/mol. The minimum absolute atomic E-state index is 0.125. The summed E-state index contributed by atoms with van der Waals surface area (Å²) >= 11 is 0.